The molecule has 6 heteroatoms. The van der Waals surface area contributed by atoms with Gasteiger partial charge in [0.25, 0.3) is 5.91 Å². The third-order valence-corrected chi connectivity index (χ3v) is 2.75. The van der Waals surface area contributed by atoms with Crippen molar-refractivity contribution in [2.75, 3.05) is 5.73 Å². The molecule has 5 nitrogen and oxygen atoms in total. The fraction of sp³-hybridized carbons (Fsp3) is 0.667. The maximum Gasteiger partial charge on any atom is 0.282 e. The Kier molecular flexibility index (Phi) is 4.48. The van der Waals surface area contributed by atoms with Gasteiger partial charge in [-0.25, -0.2) is 0 Å². The molecule has 0 aromatic carbocycles. The van der Waals surface area contributed by atoms with Gasteiger partial charge in [0.15, 0.2) is 0 Å². The van der Waals surface area contributed by atoms with Crippen molar-refractivity contribution < 1.29 is 4.79 Å². The Labute approximate surface area is 93.1 Å². The standard InChI is InChI=1S/C9H16N4OS/c1-3-4-5-6(2)11-7(14)8-12-13-9(10)15-8/h6H,3-5H2,1-2H3,(H2,10,13)(H,11,14). The SMILES string of the molecule is CCCCC(C)NC(=O)c1nnc(N)s1. The Morgan fingerprint density at radius 3 is 2.87 bits per heavy atom. The van der Waals surface area contributed by atoms with Gasteiger partial charge in [-0.05, 0) is 13.3 Å². The van der Waals surface area contributed by atoms with Crippen LogP contribution in [0.3, 0.4) is 0 Å². The molecule has 1 atom stereocenters. The molecule has 1 rings (SSSR count). The second kappa shape index (κ2) is 5.65. The van der Waals surface area contributed by atoms with E-state index in [9.17, 15) is 4.79 Å². The van der Waals surface area contributed by atoms with Gasteiger partial charge in [0.2, 0.25) is 10.1 Å². The normalized spacial score (nSPS) is 12.4. The number of anilines is 1. The van der Waals surface area contributed by atoms with Crippen LogP contribution in [0.5, 0.6) is 0 Å². The van der Waals surface area contributed by atoms with Crippen molar-refractivity contribution in [1.29, 1.82) is 0 Å². The van der Waals surface area contributed by atoms with Gasteiger partial charge in [0, 0.05) is 6.04 Å². The molecule has 84 valence electrons. The van der Waals surface area contributed by atoms with Gasteiger partial charge in [-0.3, -0.25) is 4.79 Å². The van der Waals surface area contributed by atoms with Gasteiger partial charge in [0.1, 0.15) is 0 Å². The van der Waals surface area contributed by atoms with Crippen molar-refractivity contribution in [3.63, 3.8) is 0 Å². The minimum atomic E-state index is -0.187. The molecule has 0 aliphatic carbocycles. The number of carbonyl (C=O) groups excluding carboxylic acids is 1. The van der Waals surface area contributed by atoms with Gasteiger partial charge in [-0.2, -0.15) is 0 Å². The van der Waals surface area contributed by atoms with Crippen molar-refractivity contribution in [2.24, 2.45) is 0 Å². The Morgan fingerprint density at radius 2 is 2.33 bits per heavy atom. The van der Waals surface area contributed by atoms with Crippen LogP contribution in [-0.4, -0.2) is 22.1 Å². The van der Waals surface area contributed by atoms with Gasteiger partial charge < -0.3 is 11.1 Å². The zero-order valence-electron chi connectivity index (χ0n) is 8.99. The maximum atomic E-state index is 11.6. The number of hydrogen-bond donors (Lipinski definition) is 2. The summed E-state index contributed by atoms with van der Waals surface area (Å²) in [5, 5.41) is 10.8. The van der Waals surface area contributed by atoms with Gasteiger partial charge in [-0.15, -0.1) is 10.2 Å². The zero-order chi connectivity index (χ0) is 11.3. The van der Waals surface area contributed by atoms with Crippen LogP contribution in [0, 0.1) is 0 Å². The molecule has 0 radical (unpaired) electrons. The van der Waals surface area contributed by atoms with E-state index in [0.29, 0.717) is 10.1 Å². The number of nitrogens with one attached hydrogen (secondary N) is 1. The predicted octanol–water partition coefficient (Wildman–Crippen LogP) is 1.43. The molecule has 1 aromatic heterocycles. The van der Waals surface area contributed by atoms with Crippen LogP contribution in [0.15, 0.2) is 0 Å². The number of nitrogen functional groups attached to an aromatic ring is 1. The van der Waals surface area contributed by atoms with E-state index in [-0.39, 0.29) is 11.9 Å². The monoisotopic (exact) mass is 228 g/mol. The van der Waals surface area contributed by atoms with Crippen LogP contribution >= 0.6 is 11.3 Å². The first-order valence-electron chi connectivity index (χ1n) is 5.03. The number of aromatic nitrogens is 2. The van der Waals surface area contributed by atoms with Crippen LogP contribution < -0.4 is 11.1 Å². The lowest BCUT2D eigenvalue weighted by Gasteiger charge is -2.11. The third-order valence-electron chi connectivity index (χ3n) is 2.00. The second-order valence-corrected chi connectivity index (χ2v) is 4.47. The number of carbonyl (C=O) groups is 1. The van der Waals surface area contributed by atoms with Crippen molar-refractivity contribution >= 4 is 22.4 Å². The molecule has 1 unspecified atom stereocenters. The summed E-state index contributed by atoms with van der Waals surface area (Å²) in [6.07, 6.45) is 3.22. The van der Waals surface area contributed by atoms with Crippen LogP contribution in [0.25, 0.3) is 0 Å². The Balaban J connectivity index is 2.42. The molecule has 0 bridgehead atoms. The molecule has 3 N–H and O–H groups in total. The number of nitrogens with two attached hydrogens (primary N) is 1. The fourth-order valence-electron chi connectivity index (χ4n) is 1.19. The van der Waals surface area contributed by atoms with Crippen molar-refractivity contribution in [2.45, 2.75) is 39.2 Å². The summed E-state index contributed by atoms with van der Waals surface area (Å²) in [6.45, 7) is 4.11. The largest absolute Gasteiger partial charge is 0.374 e. The molecule has 0 saturated carbocycles. The molecule has 0 aliphatic rings. The van der Waals surface area contributed by atoms with Crippen molar-refractivity contribution in [1.82, 2.24) is 15.5 Å². The summed E-state index contributed by atoms with van der Waals surface area (Å²) in [5.74, 6) is -0.187. The summed E-state index contributed by atoms with van der Waals surface area (Å²) in [6, 6.07) is 0.169. The van der Waals surface area contributed by atoms with Crippen molar-refractivity contribution in [3.05, 3.63) is 5.01 Å². The van der Waals surface area contributed by atoms with E-state index < -0.39 is 0 Å². The molecule has 1 aromatic rings. The molecule has 0 fully saturated rings. The number of hydrogen-bond acceptors (Lipinski definition) is 5. The van der Waals surface area contributed by atoms with Gasteiger partial charge in [-0.1, -0.05) is 31.1 Å². The molecule has 0 aliphatic heterocycles. The average Bonchev–Trinajstić information content (AvgIpc) is 2.61. The van der Waals surface area contributed by atoms with Crippen LogP contribution in [0.1, 0.15) is 42.9 Å². The minimum Gasteiger partial charge on any atom is -0.374 e. The van der Waals surface area contributed by atoms with Gasteiger partial charge >= 0.3 is 0 Å². The predicted molar refractivity (Wildman–Crippen MR) is 60.8 cm³/mol. The van der Waals surface area contributed by atoms with E-state index in [2.05, 4.69) is 22.4 Å². The minimum absolute atomic E-state index is 0.169. The van der Waals surface area contributed by atoms with E-state index in [1.165, 1.54) is 0 Å². The molecule has 15 heavy (non-hydrogen) atoms. The lowest BCUT2D eigenvalue weighted by molar-refractivity contribution is 0.0937. The lowest BCUT2D eigenvalue weighted by atomic mass is 10.1. The average molecular weight is 228 g/mol. The molecule has 1 amide bonds. The summed E-state index contributed by atoms with van der Waals surface area (Å²) < 4.78 is 0. The highest BCUT2D eigenvalue weighted by atomic mass is 32.1. The van der Waals surface area contributed by atoms with Crippen LogP contribution in [0.2, 0.25) is 0 Å². The molecular weight excluding hydrogens is 212 g/mol. The third kappa shape index (κ3) is 3.83. The molecule has 0 spiro atoms. The van der Waals surface area contributed by atoms with E-state index >= 15 is 0 Å². The topological polar surface area (TPSA) is 80.9 Å². The smallest absolute Gasteiger partial charge is 0.282 e. The van der Waals surface area contributed by atoms with Crippen LogP contribution in [0.4, 0.5) is 5.13 Å². The van der Waals surface area contributed by atoms with E-state index in [0.717, 1.165) is 30.6 Å². The van der Waals surface area contributed by atoms with Crippen molar-refractivity contribution in [3.8, 4) is 0 Å². The first-order chi connectivity index (χ1) is 7.13. The van der Waals surface area contributed by atoms with Crippen LogP contribution in [-0.2, 0) is 0 Å². The highest BCUT2D eigenvalue weighted by Gasteiger charge is 2.13. The summed E-state index contributed by atoms with van der Waals surface area (Å²) in [5.41, 5.74) is 5.39. The van der Waals surface area contributed by atoms with E-state index in [4.69, 9.17) is 5.73 Å². The molecular formula is C9H16N4OS. The van der Waals surface area contributed by atoms with Gasteiger partial charge in [0.05, 0.1) is 0 Å². The number of rotatable bonds is 5. The lowest BCUT2D eigenvalue weighted by Crippen LogP contribution is -2.32. The zero-order valence-corrected chi connectivity index (χ0v) is 9.80. The van der Waals surface area contributed by atoms with E-state index in [1.54, 1.807) is 0 Å². The highest BCUT2D eigenvalue weighted by molar-refractivity contribution is 7.16. The van der Waals surface area contributed by atoms with E-state index in [1.807, 2.05) is 6.92 Å². The number of unbranched alkanes of at least 4 members (excludes halogenated alkanes) is 1. The summed E-state index contributed by atoms with van der Waals surface area (Å²) in [7, 11) is 0. The fourth-order valence-corrected chi connectivity index (χ4v) is 1.71. The highest BCUT2D eigenvalue weighted by Crippen LogP contribution is 2.11. The molecule has 0 saturated heterocycles. The Hall–Kier alpha value is -1.17. The molecule has 1 heterocycles. The quantitative estimate of drug-likeness (QED) is 0.798. The summed E-state index contributed by atoms with van der Waals surface area (Å²) in [4.78, 5) is 11.6. The number of nitrogens with zero attached hydrogens (tertiary/aromatic N) is 2. The maximum absolute atomic E-state index is 11.6. The first kappa shape index (κ1) is 11.9. The second-order valence-electron chi connectivity index (χ2n) is 3.46. The Bertz CT molecular complexity index is 326. The number of amides is 1. The summed E-state index contributed by atoms with van der Waals surface area (Å²) >= 11 is 1.11. The Morgan fingerprint density at radius 1 is 1.60 bits per heavy atom. The first-order valence-corrected chi connectivity index (χ1v) is 5.85.